The molecule has 7 nitrogen and oxygen atoms in total. The van der Waals surface area contributed by atoms with E-state index in [0.717, 1.165) is 55.9 Å². The van der Waals surface area contributed by atoms with Crippen molar-refractivity contribution in [2.24, 2.45) is 5.92 Å². The Balaban J connectivity index is 1.50. The van der Waals surface area contributed by atoms with Gasteiger partial charge in [-0.25, -0.2) is 0 Å². The van der Waals surface area contributed by atoms with Crippen LogP contribution in [0.25, 0.3) is 0 Å². The third kappa shape index (κ3) is 5.32. The molecule has 0 unspecified atom stereocenters. The molecular formula is C21H31N5O2. The van der Waals surface area contributed by atoms with Crippen molar-refractivity contribution in [1.29, 1.82) is 0 Å². The smallest absolute Gasteiger partial charge is 0.251 e. The van der Waals surface area contributed by atoms with Crippen molar-refractivity contribution >= 4 is 5.91 Å². The molecular weight excluding hydrogens is 354 g/mol. The van der Waals surface area contributed by atoms with Gasteiger partial charge in [0, 0.05) is 44.6 Å². The number of amides is 1. The lowest BCUT2D eigenvalue weighted by Gasteiger charge is -2.20. The summed E-state index contributed by atoms with van der Waals surface area (Å²) in [5.41, 5.74) is 0.627. The number of methoxy groups -OCH3 is 1. The Labute approximate surface area is 167 Å². The molecule has 152 valence electrons. The van der Waals surface area contributed by atoms with Crippen LogP contribution in [0.3, 0.4) is 0 Å². The van der Waals surface area contributed by atoms with E-state index in [1.807, 2.05) is 0 Å². The molecule has 0 bridgehead atoms. The highest BCUT2D eigenvalue weighted by Gasteiger charge is 2.18. The Bertz CT molecular complexity index is 770. The van der Waals surface area contributed by atoms with E-state index in [1.165, 1.54) is 6.42 Å². The maximum atomic E-state index is 12.3. The third-order valence-electron chi connectivity index (χ3n) is 5.20. The van der Waals surface area contributed by atoms with Gasteiger partial charge < -0.3 is 19.5 Å². The normalized spacial score (nSPS) is 14.6. The fourth-order valence-corrected chi connectivity index (χ4v) is 3.41. The van der Waals surface area contributed by atoms with E-state index in [0.29, 0.717) is 18.5 Å². The second-order valence-corrected chi connectivity index (χ2v) is 7.69. The van der Waals surface area contributed by atoms with Crippen molar-refractivity contribution in [2.75, 3.05) is 33.3 Å². The summed E-state index contributed by atoms with van der Waals surface area (Å²) in [6.45, 7) is 9.21. The number of hydrogen-bond donors (Lipinski definition) is 1. The van der Waals surface area contributed by atoms with Gasteiger partial charge in [-0.15, -0.1) is 10.2 Å². The molecule has 0 saturated heterocycles. The molecule has 0 aliphatic carbocycles. The topological polar surface area (TPSA) is 72.3 Å². The average molecular weight is 386 g/mol. The highest BCUT2D eigenvalue weighted by atomic mass is 16.5. The number of nitrogens with one attached hydrogen (secondary N) is 1. The largest absolute Gasteiger partial charge is 0.497 e. The number of carbonyl (C=O) groups excluding carboxylic acids is 1. The monoisotopic (exact) mass is 385 g/mol. The molecule has 1 aromatic heterocycles. The van der Waals surface area contributed by atoms with Crippen LogP contribution in [0.4, 0.5) is 0 Å². The third-order valence-corrected chi connectivity index (χ3v) is 5.20. The van der Waals surface area contributed by atoms with Crippen LogP contribution in [0, 0.1) is 5.92 Å². The number of aromatic nitrogens is 3. The minimum absolute atomic E-state index is 0.0851. The summed E-state index contributed by atoms with van der Waals surface area (Å²) in [6, 6.07) is 7.11. The van der Waals surface area contributed by atoms with E-state index in [-0.39, 0.29) is 5.91 Å². The van der Waals surface area contributed by atoms with Gasteiger partial charge in [0.05, 0.1) is 7.11 Å². The van der Waals surface area contributed by atoms with Gasteiger partial charge in [0.15, 0.2) is 0 Å². The van der Waals surface area contributed by atoms with Crippen LogP contribution in [0.5, 0.6) is 5.75 Å². The Morgan fingerprint density at radius 1 is 1.18 bits per heavy atom. The number of hydrogen-bond acceptors (Lipinski definition) is 5. The predicted octanol–water partition coefficient (Wildman–Crippen LogP) is 2.16. The Kier molecular flexibility index (Phi) is 7.03. The molecule has 1 aliphatic heterocycles. The minimum Gasteiger partial charge on any atom is -0.497 e. The van der Waals surface area contributed by atoms with Gasteiger partial charge in [-0.2, -0.15) is 0 Å². The van der Waals surface area contributed by atoms with E-state index < -0.39 is 0 Å². The van der Waals surface area contributed by atoms with Gasteiger partial charge in [0.2, 0.25) is 0 Å². The SMILES string of the molecule is COc1ccc(C(=O)NCCc2nnc3n2CCN(CCC(C)C)CC3)cc1. The summed E-state index contributed by atoms with van der Waals surface area (Å²) in [4.78, 5) is 14.8. The fourth-order valence-electron chi connectivity index (χ4n) is 3.41. The van der Waals surface area contributed by atoms with Crippen molar-refractivity contribution < 1.29 is 9.53 Å². The Hall–Kier alpha value is -2.41. The van der Waals surface area contributed by atoms with Crippen molar-refractivity contribution in [3.05, 3.63) is 41.5 Å². The standard InChI is InChI=1S/C21H31N5O2/c1-16(2)9-12-25-13-10-20-24-23-19(26(20)15-14-25)8-11-22-21(27)17-4-6-18(28-3)7-5-17/h4-7,16H,8-15H2,1-3H3,(H,22,27). The van der Waals surface area contributed by atoms with Crippen LogP contribution in [0.1, 0.15) is 42.3 Å². The maximum absolute atomic E-state index is 12.3. The summed E-state index contributed by atoms with van der Waals surface area (Å²) in [7, 11) is 1.61. The van der Waals surface area contributed by atoms with E-state index in [9.17, 15) is 4.79 Å². The molecule has 0 saturated carbocycles. The Morgan fingerprint density at radius 3 is 2.68 bits per heavy atom. The lowest BCUT2D eigenvalue weighted by atomic mass is 10.1. The van der Waals surface area contributed by atoms with Crippen LogP contribution in [-0.2, 0) is 19.4 Å². The second kappa shape index (κ2) is 9.68. The maximum Gasteiger partial charge on any atom is 0.251 e. The number of benzene rings is 1. The molecule has 1 amide bonds. The first-order valence-electron chi connectivity index (χ1n) is 10.1. The van der Waals surface area contributed by atoms with Gasteiger partial charge >= 0.3 is 0 Å². The fraction of sp³-hybridized carbons (Fsp3) is 0.571. The molecule has 7 heteroatoms. The predicted molar refractivity (Wildman–Crippen MR) is 109 cm³/mol. The number of ether oxygens (including phenoxy) is 1. The van der Waals surface area contributed by atoms with Crippen LogP contribution < -0.4 is 10.1 Å². The van der Waals surface area contributed by atoms with E-state index in [2.05, 4.69) is 38.8 Å². The average Bonchev–Trinajstić information content (AvgIpc) is 2.97. The number of rotatable bonds is 8. The molecule has 0 atom stereocenters. The first-order valence-corrected chi connectivity index (χ1v) is 10.1. The van der Waals surface area contributed by atoms with E-state index >= 15 is 0 Å². The van der Waals surface area contributed by atoms with Crippen molar-refractivity contribution in [3.8, 4) is 5.75 Å². The van der Waals surface area contributed by atoms with E-state index in [1.54, 1.807) is 31.4 Å². The molecule has 2 aromatic rings. The van der Waals surface area contributed by atoms with Gasteiger partial charge in [-0.05, 0) is 43.1 Å². The molecule has 1 aliphatic rings. The van der Waals surface area contributed by atoms with Gasteiger partial charge in [0.1, 0.15) is 17.4 Å². The zero-order chi connectivity index (χ0) is 19.9. The van der Waals surface area contributed by atoms with Crippen LogP contribution in [0.2, 0.25) is 0 Å². The highest BCUT2D eigenvalue weighted by Crippen LogP contribution is 2.13. The molecule has 28 heavy (non-hydrogen) atoms. The van der Waals surface area contributed by atoms with Crippen molar-refractivity contribution in [1.82, 2.24) is 25.0 Å². The lowest BCUT2D eigenvalue weighted by Crippen LogP contribution is -2.29. The van der Waals surface area contributed by atoms with Gasteiger partial charge in [-0.1, -0.05) is 13.8 Å². The van der Waals surface area contributed by atoms with E-state index in [4.69, 9.17) is 4.74 Å². The zero-order valence-electron chi connectivity index (χ0n) is 17.1. The molecule has 3 rings (SSSR count). The minimum atomic E-state index is -0.0851. The number of fused-ring (bicyclic) bond motifs is 1. The van der Waals surface area contributed by atoms with Crippen molar-refractivity contribution in [2.45, 2.75) is 39.7 Å². The molecule has 0 spiro atoms. The summed E-state index contributed by atoms with van der Waals surface area (Å²) in [6.07, 6.45) is 2.84. The first-order chi connectivity index (χ1) is 13.6. The number of nitrogens with zero attached hydrogens (tertiary/aromatic N) is 4. The van der Waals surface area contributed by atoms with Gasteiger partial charge in [-0.3, -0.25) is 4.79 Å². The highest BCUT2D eigenvalue weighted by molar-refractivity contribution is 5.94. The summed E-state index contributed by atoms with van der Waals surface area (Å²) < 4.78 is 7.35. The molecule has 0 radical (unpaired) electrons. The number of carbonyl (C=O) groups is 1. The Morgan fingerprint density at radius 2 is 1.96 bits per heavy atom. The second-order valence-electron chi connectivity index (χ2n) is 7.69. The van der Waals surface area contributed by atoms with Crippen LogP contribution in [0.15, 0.2) is 24.3 Å². The van der Waals surface area contributed by atoms with Gasteiger partial charge in [0.25, 0.3) is 5.91 Å². The van der Waals surface area contributed by atoms with Crippen LogP contribution >= 0.6 is 0 Å². The molecule has 1 N–H and O–H groups in total. The molecule has 1 aromatic carbocycles. The summed E-state index contributed by atoms with van der Waals surface area (Å²) >= 11 is 0. The summed E-state index contributed by atoms with van der Waals surface area (Å²) in [5.74, 6) is 3.40. The van der Waals surface area contributed by atoms with Crippen molar-refractivity contribution in [3.63, 3.8) is 0 Å². The van der Waals surface area contributed by atoms with Crippen LogP contribution in [-0.4, -0.2) is 58.9 Å². The quantitative estimate of drug-likeness (QED) is 0.754. The lowest BCUT2D eigenvalue weighted by molar-refractivity contribution is 0.0954. The first kappa shape index (κ1) is 20.3. The molecule has 0 fully saturated rings. The molecule has 2 heterocycles. The summed E-state index contributed by atoms with van der Waals surface area (Å²) in [5, 5.41) is 11.7. The zero-order valence-corrected chi connectivity index (χ0v) is 17.1.